The fourth-order valence-electron chi connectivity index (χ4n) is 1.88. The average molecular weight is 382 g/mol. The summed E-state index contributed by atoms with van der Waals surface area (Å²) < 4.78 is 25.9. The van der Waals surface area contributed by atoms with E-state index in [2.05, 4.69) is 10.5 Å². The lowest BCUT2D eigenvalue weighted by atomic mass is 10.1. The Bertz CT molecular complexity index is 896. The first-order chi connectivity index (χ1) is 11.8. The lowest BCUT2D eigenvalue weighted by molar-refractivity contribution is -0.135. The summed E-state index contributed by atoms with van der Waals surface area (Å²) in [5, 5.41) is 13.3. The number of carboxylic acids is 1. The third-order valence-electron chi connectivity index (χ3n) is 3.21. The third-order valence-corrected chi connectivity index (χ3v) is 4.96. The van der Waals surface area contributed by atoms with Crippen molar-refractivity contribution in [1.29, 1.82) is 0 Å². The molecule has 3 N–H and O–H groups in total. The number of aliphatic carboxylic acids is 1. The molecule has 0 fully saturated rings. The van der Waals surface area contributed by atoms with Crippen molar-refractivity contribution in [3.63, 3.8) is 0 Å². The summed E-state index contributed by atoms with van der Waals surface area (Å²) in [5.41, 5.74) is 4.83. The summed E-state index contributed by atoms with van der Waals surface area (Å²) in [5.74, 6) is -1.26. The van der Waals surface area contributed by atoms with Crippen molar-refractivity contribution in [2.75, 3.05) is 12.0 Å². The molecule has 0 bridgehead atoms. The van der Waals surface area contributed by atoms with Crippen LogP contribution in [0.1, 0.15) is 12.5 Å². The number of hydrazone groups is 1. The molecule has 0 aliphatic rings. The molecule has 0 aliphatic carbocycles. The number of halogens is 1. The number of nitrogens with one attached hydrogen (secondary N) is 2. The highest BCUT2D eigenvalue weighted by Crippen LogP contribution is 2.20. The Morgan fingerprint density at radius 1 is 1.16 bits per heavy atom. The summed E-state index contributed by atoms with van der Waals surface area (Å²) >= 11 is 6.03. The molecule has 0 unspecified atom stereocenters. The van der Waals surface area contributed by atoms with E-state index in [-0.39, 0.29) is 4.90 Å². The number of sulfonamides is 1. The van der Waals surface area contributed by atoms with Crippen LogP contribution in [-0.4, -0.2) is 31.8 Å². The van der Waals surface area contributed by atoms with Crippen LogP contribution in [0.15, 0.2) is 58.5 Å². The molecule has 2 aromatic carbocycles. The zero-order chi connectivity index (χ0) is 18.4. The van der Waals surface area contributed by atoms with Crippen molar-refractivity contribution in [3.8, 4) is 0 Å². The Labute approximate surface area is 150 Å². The van der Waals surface area contributed by atoms with Gasteiger partial charge in [0.25, 0.3) is 0 Å². The number of carbonyl (C=O) groups is 1. The predicted octanol–water partition coefficient (Wildman–Crippen LogP) is 2.54. The minimum absolute atomic E-state index is 0.0237. The Hall–Kier alpha value is -2.42. The van der Waals surface area contributed by atoms with Gasteiger partial charge in [-0.1, -0.05) is 35.9 Å². The van der Waals surface area contributed by atoms with Gasteiger partial charge >= 0.3 is 5.97 Å². The molecule has 2 rings (SSSR count). The van der Waals surface area contributed by atoms with Gasteiger partial charge in [0.15, 0.2) is 0 Å². The minimum Gasteiger partial charge on any atom is -0.480 e. The third kappa shape index (κ3) is 5.28. The first-order valence-corrected chi connectivity index (χ1v) is 9.02. The van der Waals surface area contributed by atoms with Crippen LogP contribution in [0.25, 0.3) is 0 Å². The molecule has 2 aromatic rings. The van der Waals surface area contributed by atoms with E-state index in [1.807, 2.05) is 16.9 Å². The lowest BCUT2D eigenvalue weighted by Gasteiger charge is -2.07. The van der Waals surface area contributed by atoms with Crippen LogP contribution in [0.4, 0.5) is 5.69 Å². The van der Waals surface area contributed by atoms with Crippen LogP contribution in [0.3, 0.4) is 0 Å². The van der Waals surface area contributed by atoms with Crippen LogP contribution < -0.4 is 10.1 Å². The number of anilines is 1. The number of hydrogen-bond acceptors (Lipinski definition) is 5. The second kappa shape index (κ2) is 8.11. The standard InChI is InChI=1S/C16H16ClN3O4S/c1-11(19-20-15-5-3-2-4-14(15)17)12-6-8-13(9-7-12)25(23,24)18-10-16(21)22/h2-9,18,20H,10H2,1H3,(H,21,22)/b19-11-. The second-order valence-electron chi connectivity index (χ2n) is 5.03. The van der Waals surface area contributed by atoms with Crippen LogP contribution in [-0.2, 0) is 14.8 Å². The second-order valence-corrected chi connectivity index (χ2v) is 7.21. The van der Waals surface area contributed by atoms with Crippen molar-refractivity contribution in [2.45, 2.75) is 11.8 Å². The summed E-state index contributed by atoms with van der Waals surface area (Å²) in [4.78, 5) is 10.5. The average Bonchev–Trinajstić information content (AvgIpc) is 2.59. The largest absolute Gasteiger partial charge is 0.480 e. The SMILES string of the molecule is C/C(=N/Nc1ccccc1Cl)c1ccc(S(=O)(=O)NCC(=O)O)cc1. The van der Waals surface area contributed by atoms with E-state index in [9.17, 15) is 13.2 Å². The highest BCUT2D eigenvalue weighted by Gasteiger charge is 2.15. The number of para-hydroxylation sites is 1. The summed E-state index contributed by atoms with van der Waals surface area (Å²) in [6, 6.07) is 13.1. The van der Waals surface area contributed by atoms with Crippen molar-refractivity contribution >= 4 is 39.0 Å². The van der Waals surface area contributed by atoms with Crippen molar-refractivity contribution < 1.29 is 18.3 Å². The maximum absolute atomic E-state index is 11.9. The number of rotatable bonds is 7. The van der Waals surface area contributed by atoms with E-state index in [0.29, 0.717) is 22.0 Å². The molecule has 0 aliphatic heterocycles. The molecule has 0 amide bonds. The quantitative estimate of drug-likeness (QED) is 0.504. The van der Waals surface area contributed by atoms with Gasteiger partial charge in [0.1, 0.15) is 6.54 Å². The fourth-order valence-corrected chi connectivity index (χ4v) is 3.03. The van der Waals surface area contributed by atoms with Crippen LogP contribution in [0.2, 0.25) is 5.02 Å². The molecular formula is C16H16ClN3O4S. The Morgan fingerprint density at radius 2 is 1.80 bits per heavy atom. The predicted molar refractivity (Wildman–Crippen MR) is 96.6 cm³/mol. The fraction of sp³-hybridized carbons (Fsp3) is 0.125. The Kier molecular flexibility index (Phi) is 6.13. The van der Waals surface area contributed by atoms with Gasteiger partial charge in [0, 0.05) is 0 Å². The molecule has 0 aromatic heterocycles. The normalized spacial score (nSPS) is 12.0. The molecule has 0 saturated heterocycles. The maximum Gasteiger partial charge on any atom is 0.318 e. The monoisotopic (exact) mass is 381 g/mol. The van der Waals surface area contributed by atoms with Crippen molar-refractivity contribution in [1.82, 2.24) is 4.72 Å². The smallest absolute Gasteiger partial charge is 0.318 e. The van der Waals surface area contributed by atoms with Crippen LogP contribution in [0.5, 0.6) is 0 Å². The van der Waals surface area contributed by atoms with E-state index in [1.54, 1.807) is 31.2 Å². The number of nitrogens with zero attached hydrogens (tertiary/aromatic N) is 1. The number of hydrogen-bond donors (Lipinski definition) is 3. The van der Waals surface area contributed by atoms with Gasteiger partial charge in [-0.25, -0.2) is 8.42 Å². The molecule has 0 spiro atoms. The van der Waals surface area contributed by atoms with Crippen molar-refractivity contribution in [2.24, 2.45) is 5.10 Å². The molecule has 132 valence electrons. The number of carboxylic acid groups (broad SMARTS) is 1. The zero-order valence-electron chi connectivity index (χ0n) is 13.2. The van der Waals surface area contributed by atoms with Crippen LogP contribution in [0, 0.1) is 0 Å². The van der Waals surface area contributed by atoms with Crippen LogP contribution >= 0.6 is 11.6 Å². The van der Waals surface area contributed by atoms with Gasteiger partial charge < -0.3 is 5.11 Å². The molecule has 7 nitrogen and oxygen atoms in total. The topological polar surface area (TPSA) is 108 Å². The highest BCUT2D eigenvalue weighted by atomic mass is 35.5. The number of benzene rings is 2. The zero-order valence-corrected chi connectivity index (χ0v) is 14.8. The molecule has 0 radical (unpaired) electrons. The van der Waals surface area contributed by atoms with Gasteiger partial charge in [-0.05, 0) is 36.8 Å². The maximum atomic E-state index is 11.9. The van der Waals surface area contributed by atoms with E-state index in [1.165, 1.54) is 12.1 Å². The summed E-state index contributed by atoms with van der Waals surface area (Å²) in [6.45, 7) is 1.09. The summed E-state index contributed by atoms with van der Waals surface area (Å²) in [6.07, 6.45) is 0. The first-order valence-electron chi connectivity index (χ1n) is 7.16. The van der Waals surface area contributed by atoms with Gasteiger partial charge in [0.2, 0.25) is 10.0 Å². The molecule has 25 heavy (non-hydrogen) atoms. The van der Waals surface area contributed by atoms with Crippen molar-refractivity contribution in [3.05, 3.63) is 59.1 Å². The molecule has 0 saturated carbocycles. The van der Waals surface area contributed by atoms with Gasteiger partial charge in [-0.2, -0.15) is 9.82 Å². The first kappa shape index (κ1) is 18.9. The van der Waals surface area contributed by atoms with E-state index >= 15 is 0 Å². The minimum atomic E-state index is -3.86. The van der Waals surface area contributed by atoms with Gasteiger partial charge in [-0.3, -0.25) is 10.2 Å². The molecule has 0 heterocycles. The van der Waals surface area contributed by atoms with Gasteiger partial charge in [0.05, 0.1) is 21.3 Å². The van der Waals surface area contributed by atoms with Gasteiger partial charge in [-0.15, -0.1) is 0 Å². The Balaban J connectivity index is 2.12. The molecular weight excluding hydrogens is 366 g/mol. The molecule has 9 heteroatoms. The lowest BCUT2D eigenvalue weighted by Crippen LogP contribution is -2.29. The summed E-state index contributed by atoms with van der Waals surface area (Å²) in [7, 11) is -3.86. The van der Waals surface area contributed by atoms with E-state index in [0.717, 1.165) is 0 Å². The Morgan fingerprint density at radius 3 is 2.40 bits per heavy atom. The molecule has 0 atom stereocenters. The highest BCUT2D eigenvalue weighted by molar-refractivity contribution is 7.89. The van der Waals surface area contributed by atoms with E-state index in [4.69, 9.17) is 16.7 Å². The van der Waals surface area contributed by atoms with E-state index < -0.39 is 22.5 Å².